The highest BCUT2D eigenvalue weighted by atomic mass is 35.5. The molecule has 1 aromatic carbocycles. The highest BCUT2D eigenvalue weighted by molar-refractivity contribution is 7.71. The van der Waals surface area contributed by atoms with Crippen molar-refractivity contribution >= 4 is 35.4 Å². The lowest BCUT2D eigenvalue weighted by molar-refractivity contribution is 0.118. The maximum absolute atomic E-state index is 13.7. The second kappa shape index (κ2) is 6.86. The Bertz CT molecular complexity index is 771. The summed E-state index contributed by atoms with van der Waals surface area (Å²) in [6, 6.07) is 2.53. The molecule has 0 saturated carbocycles. The summed E-state index contributed by atoms with van der Waals surface area (Å²) in [5.74, 6) is -0.398. The van der Waals surface area contributed by atoms with Crippen LogP contribution in [0.15, 0.2) is 16.5 Å². The van der Waals surface area contributed by atoms with Gasteiger partial charge in [0.25, 0.3) is 4.84 Å². The van der Waals surface area contributed by atoms with E-state index in [-0.39, 0.29) is 20.8 Å². The van der Waals surface area contributed by atoms with E-state index >= 15 is 0 Å². The second-order valence-electron chi connectivity index (χ2n) is 5.48. The van der Waals surface area contributed by atoms with E-state index in [1.807, 2.05) is 0 Å². The molecule has 1 aliphatic heterocycles. The van der Waals surface area contributed by atoms with Crippen LogP contribution in [0, 0.1) is 10.7 Å². The number of piperazine rings is 1. The molecule has 0 bridgehead atoms. The Morgan fingerprint density at radius 2 is 1.91 bits per heavy atom. The lowest BCUT2D eigenvalue weighted by atomic mass is 10.2. The van der Waals surface area contributed by atoms with Gasteiger partial charge < -0.3 is 9.32 Å². The molecule has 0 unspecified atom stereocenters. The van der Waals surface area contributed by atoms with Crippen LogP contribution in [-0.4, -0.2) is 52.8 Å². The Hall–Kier alpha value is -0.990. The molecule has 0 aliphatic carbocycles. The van der Waals surface area contributed by atoms with Crippen molar-refractivity contribution in [1.82, 2.24) is 19.6 Å². The summed E-state index contributed by atoms with van der Waals surface area (Å²) in [4.78, 5) is 4.72. The zero-order valence-corrected chi connectivity index (χ0v) is 14.8. The number of aromatic nitrogens is 2. The number of rotatable bonds is 3. The van der Waals surface area contributed by atoms with E-state index in [2.05, 4.69) is 21.9 Å². The molecule has 1 saturated heterocycles. The summed E-state index contributed by atoms with van der Waals surface area (Å²) in [6.45, 7) is 4.37. The zero-order chi connectivity index (χ0) is 16.6. The zero-order valence-electron chi connectivity index (χ0n) is 12.4. The van der Waals surface area contributed by atoms with Gasteiger partial charge in [-0.15, -0.1) is 5.10 Å². The SMILES string of the molecule is CN1CCN(Cn2nc(-c3cc(F)c(Cl)cc3Cl)oc2=S)CC1. The Morgan fingerprint density at radius 3 is 2.61 bits per heavy atom. The van der Waals surface area contributed by atoms with Gasteiger partial charge in [0.05, 0.1) is 22.3 Å². The summed E-state index contributed by atoms with van der Waals surface area (Å²) in [5, 5.41) is 4.54. The monoisotopic (exact) mass is 376 g/mol. The van der Waals surface area contributed by atoms with Crippen molar-refractivity contribution in [3.8, 4) is 11.5 Å². The maximum atomic E-state index is 13.7. The average Bonchev–Trinajstić information content (AvgIpc) is 2.86. The average molecular weight is 377 g/mol. The third kappa shape index (κ3) is 3.75. The van der Waals surface area contributed by atoms with Gasteiger partial charge in [-0.25, -0.2) is 9.07 Å². The molecule has 2 heterocycles. The molecule has 0 atom stereocenters. The van der Waals surface area contributed by atoms with Gasteiger partial charge in [-0.1, -0.05) is 23.2 Å². The Balaban J connectivity index is 1.84. The van der Waals surface area contributed by atoms with E-state index in [9.17, 15) is 4.39 Å². The largest absolute Gasteiger partial charge is 0.409 e. The van der Waals surface area contributed by atoms with E-state index in [4.69, 9.17) is 39.8 Å². The number of benzene rings is 1. The number of likely N-dealkylation sites (N-methyl/N-ethyl adjacent to an activating group) is 1. The molecule has 0 N–H and O–H groups in total. The normalized spacial score (nSPS) is 16.9. The minimum Gasteiger partial charge on any atom is -0.409 e. The molecule has 23 heavy (non-hydrogen) atoms. The van der Waals surface area contributed by atoms with Gasteiger partial charge in [0.1, 0.15) is 5.82 Å². The van der Waals surface area contributed by atoms with Crippen molar-refractivity contribution in [3.05, 3.63) is 32.8 Å². The van der Waals surface area contributed by atoms with Crippen molar-refractivity contribution in [2.45, 2.75) is 6.67 Å². The molecule has 2 aromatic rings. The number of halogens is 3. The molecule has 9 heteroatoms. The van der Waals surface area contributed by atoms with Crippen LogP contribution in [0.25, 0.3) is 11.5 Å². The van der Waals surface area contributed by atoms with Crippen LogP contribution in [0.2, 0.25) is 10.0 Å². The molecular formula is C14H15Cl2FN4OS. The van der Waals surface area contributed by atoms with Crippen molar-refractivity contribution < 1.29 is 8.81 Å². The first-order valence-corrected chi connectivity index (χ1v) is 8.24. The van der Waals surface area contributed by atoms with E-state index in [1.54, 1.807) is 4.68 Å². The predicted molar refractivity (Wildman–Crippen MR) is 89.8 cm³/mol. The third-order valence-electron chi connectivity index (χ3n) is 3.78. The quantitative estimate of drug-likeness (QED) is 0.605. The van der Waals surface area contributed by atoms with Crippen LogP contribution >= 0.6 is 35.4 Å². The standard InChI is InChI=1S/C14H15Cl2FN4OS/c1-19-2-4-20(5-3-19)8-21-14(23)22-13(18-21)9-6-12(17)11(16)7-10(9)15/h6-7H,2-5,8H2,1H3. The van der Waals surface area contributed by atoms with Crippen molar-refractivity contribution in [2.24, 2.45) is 0 Å². The molecule has 124 valence electrons. The van der Waals surface area contributed by atoms with Gasteiger partial charge >= 0.3 is 0 Å². The fourth-order valence-electron chi connectivity index (χ4n) is 2.37. The minimum absolute atomic E-state index is 0.0470. The summed E-state index contributed by atoms with van der Waals surface area (Å²) < 4.78 is 20.7. The first-order chi connectivity index (χ1) is 10.9. The van der Waals surface area contributed by atoms with Gasteiger partial charge in [-0.2, -0.15) is 0 Å². The molecule has 0 amide bonds. The molecule has 1 aromatic heterocycles. The van der Waals surface area contributed by atoms with Gasteiger partial charge in [0, 0.05) is 26.2 Å². The van der Waals surface area contributed by atoms with E-state index < -0.39 is 5.82 Å². The van der Waals surface area contributed by atoms with Crippen molar-refractivity contribution in [3.63, 3.8) is 0 Å². The molecule has 0 radical (unpaired) electrons. The van der Waals surface area contributed by atoms with Gasteiger partial charge in [0.2, 0.25) is 5.89 Å². The number of hydrogen-bond acceptors (Lipinski definition) is 5. The van der Waals surface area contributed by atoms with E-state index in [0.29, 0.717) is 12.2 Å². The van der Waals surface area contributed by atoms with Crippen LogP contribution in [0.3, 0.4) is 0 Å². The first kappa shape index (κ1) is 16.9. The topological polar surface area (TPSA) is 37.4 Å². The van der Waals surface area contributed by atoms with Crippen LogP contribution < -0.4 is 0 Å². The summed E-state index contributed by atoms with van der Waals surface area (Å²) in [6.07, 6.45) is 0. The predicted octanol–water partition coefficient (Wildman–Crippen LogP) is 3.52. The second-order valence-corrected chi connectivity index (χ2v) is 6.65. The Morgan fingerprint density at radius 1 is 1.22 bits per heavy atom. The molecule has 1 fully saturated rings. The maximum Gasteiger partial charge on any atom is 0.288 e. The molecule has 1 aliphatic rings. The fourth-order valence-corrected chi connectivity index (χ4v) is 3.01. The fraction of sp³-hybridized carbons (Fsp3) is 0.429. The number of nitrogens with zero attached hydrogens (tertiary/aromatic N) is 4. The van der Waals surface area contributed by atoms with Crippen LogP contribution in [0.4, 0.5) is 4.39 Å². The minimum atomic E-state index is -0.583. The van der Waals surface area contributed by atoms with E-state index in [1.165, 1.54) is 12.1 Å². The Labute approximate surface area is 148 Å². The van der Waals surface area contributed by atoms with E-state index in [0.717, 1.165) is 26.2 Å². The lowest BCUT2D eigenvalue weighted by Crippen LogP contribution is -2.45. The van der Waals surface area contributed by atoms with Gasteiger partial charge in [-0.3, -0.25) is 4.90 Å². The Kier molecular flexibility index (Phi) is 5.03. The van der Waals surface area contributed by atoms with Crippen LogP contribution in [-0.2, 0) is 6.67 Å². The van der Waals surface area contributed by atoms with Crippen LogP contribution in [0.1, 0.15) is 0 Å². The number of hydrogen-bond donors (Lipinski definition) is 0. The summed E-state index contributed by atoms with van der Waals surface area (Å²) in [7, 11) is 2.09. The van der Waals surface area contributed by atoms with Gasteiger partial charge in [-0.05, 0) is 31.4 Å². The summed E-state index contributed by atoms with van der Waals surface area (Å²) in [5.41, 5.74) is 0.330. The molecule has 5 nitrogen and oxygen atoms in total. The highest BCUT2D eigenvalue weighted by Crippen LogP contribution is 2.31. The van der Waals surface area contributed by atoms with Crippen molar-refractivity contribution in [2.75, 3.05) is 33.2 Å². The lowest BCUT2D eigenvalue weighted by Gasteiger charge is -2.31. The summed E-state index contributed by atoms with van der Waals surface area (Å²) >= 11 is 17.0. The third-order valence-corrected chi connectivity index (χ3v) is 4.67. The smallest absolute Gasteiger partial charge is 0.288 e. The van der Waals surface area contributed by atoms with Crippen molar-refractivity contribution in [1.29, 1.82) is 0 Å². The molecular weight excluding hydrogens is 362 g/mol. The molecule has 0 spiro atoms. The first-order valence-electron chi connectivity index (χ1n) is 7.08. The molecule has 3 rings (SSSR count). The van der Waals surface area contributed by atoms with Crippen LogP contribution in [0.5, 0.6) is 0 Å². The highest BCUT2D eigenvalue weighted by Gasteiger charge is 2.18. The van der Waals surface area contributed by atoms with Gasteiger partial charge in [0.15, 0.2) is 0 Å².